The number of likely N-dealkylation sites (tertiary alicyclic amines) is 1. The zero-order chi connectivity index (χ0) is 38.7. The Labute approximate surface area is 315 Å². The van der Waals surface area contributed by atoms with Gasteiger partial charge in [-0.05, 0) is 28.9 Å². The summed E-state index contributed by atoms with van der Waals surface area (Å²) >= 11 is -1.38. The number of phenolic OH excluding ortho intramolecular Hbond substituents is 2. The first-order chi connectivity index (χ1) is 23.3. The third-order valence-electron chi connectivity index (χ3n) is 10.2. The Balaban J connectivity index is 1.61. The SMILES string of the molecule is CC(C)Cc1cc(CCC(=O)OC2CC(C)(C)N(C[CH2][Co](=[O])[CH2]Cc3cc(CC(C)C)c(O)c(C(C)(C)C)c3)C(C)(C)C2)cc(C(C)(C)C)c1O. The van der Waals surface area contributed by atoms with Crippen LogP contribution < -0.4 is 0 Å². The van der Waals surface area contributed by atoms with E-state index in [-0.39, 0.29) is 34.0 Å². The number of esters is 1. The van der Waals surface area contributed by atoms with Crippen molar-refractivity contribution in [3.8, 4) is 11.5 Å². The molecule has 1 aliphatic heterocycles. The minimum atomic E-state index is -1.38. The number of phenols is 2. The maximum absolute atomic E-state index is 13.4. The number of rotatable bonds is 14. The molecule has 3 rings (SSSR count). The van der Waals surface area contributed by atoms with Gasteiger partial charge in [0.05, 0.1) is 0 Å². The minimum Gasteiger partial charge on any atom is -0.507 e. The number of aromatic hydroxyl groups is 2. The first kappa shape index (κ1) is 43.2. The molecule has 1 fully saturated rings. The Morgan fingerprint density at radius 1 is 0.784 bits per heavy atom. The van der Waals surface area contributed by atoms with E-state index in [9.17, 15) is 18.9 Å². The van der Waals surface area contributed by atoms with E-state index in [0.717, 1.165) is 72.0 Å². The molecule has 0 aromatic heterocycles. The summed E-state index contributed by atoms with van der Waals surface area (Å²) in [5.74, 6) is 1.46. The molecular formula is C44H71CoNO5. The van der Waals surface area contributed by atoms with Gasteiger partial charge in [0.25, 0.3) is 0 Å². The van der Waals surface area contributed by atoms with Crippen molar-refractivity contribution in [1.29, 1.82) is 0 Å². The fourth-order valence-corrected chi connectivity index (χ4v) is 9.32. The molecule has 1 saturated heterocycles. The Hall–Kier alpha value is -2.22. The number of hydrogen-bond donors (Lipinski definition) is 2. The fraction of sp³-hybridized carbons (Fsp3) is 0.705. The quantitative estimate of drug-likeness (QED) is 0.187. The summed E-state index contributed by atoms with van der Waals surface area (Å²) in [7, 11) is 0. The normalized spacial score (nSPS) is 17.3. The van der Waals surface area contributed by atoms with Crippen molar-refractivity contribution in [3.05, 3.63) is 57.6 Å². The third-order valence-corrected chi connectivity index (χ3v) is 11.9. The van der Waals surface area contributed by atoms with Crippen LogP contribution >= 0.6 is 0 Å². The van der Waals surface area contributed by atoms with Crippen molar-refractivity contribution in [1.82, 2.24) is 4.90 Å². The van der Waals surface area contributed by atoms with Gasteiger partial charge < -0.3 is 5.11 Å². The van der Waals surface area contributed by atoms with Crippen LogP contribution in [0.15, 0.2) is 24.3 Å². The number of aryl methyl sites for hydroxylation is 2. The van der Waals surface area contributed by atoms with Crippen molar-refractivity contribution in [2.24, 2.45) is 11.8 Å². The van der Waals surface area contributed by atoms with Crippen LogP contribution in [0.4, 0.5) is 0 Å². The summed E-state index contributed by atoms with van der Waals surface area (Å²) in [5.41, 5.74) is 5.20. The second-order valence-electron chi connectivity index (χ2n) is 19.2. The Morgan fingerprint density at radius 3 is 1.63 bits per heavy atom. The molecule has 0 saturated carbocycles. The average Bonchev–Trinajstić information content (AvgIpc) is 2.94. The molecule has 0 unspecified atom stereocenters. The Kier molecular flexibility index (Phi) is 14.3. The van der Waals surface area contributed by atoms with E-state index in [0.29, 0.717) is 46.9 Å². The molecule has 0 radical (unpaired) electrons. The number of carbonyl (C=O) groups excluding carboxylic acids is 1. The van der Waals surface area contributed by atoms with E-state index in [1.165, 1.54) is 0 Å². The molecule has 291 valence electrons. The predicted octanol–water partition coefficient (Wildman–Crippen LogP) is 10.6. The molecule has 7 heteroatoms. The van der Waals surface area contributed by atoms with Gasteiger partial charge in [0, 0.05) is 0 Å². The van der Waals surface area contributed by atoms with Crippen molar-refractivity contribution in [3.63, 3.8) is 0 Å². The van der Waals surface area contributed by atoms with Gasteiger partial charge in [0.2, 0.25) is 0 Å². The topological polar surface area (TPSA) is 87.1 Å². The van der Waals surface area contributed by atoms with Gasteiger partial charge >= 0.3 is 242 Å². The zero-order valence-corrected chi connectivity index (χ0v) is 35.6. The van der Waals surface area contributed by atoms with E-state index < -0.39 is 13.6 Å². The number of benzene rings is 2. The van der Waals surface area contributed by atoms with Gasteiger partial charge in [0.15, 0.2) is 0 Å². The van der Waals surface area contributed by atoms with E-state index in [1.54, 1.807) is 0 Å². The molecule has 1 heterocycles. The first-order valence-electron chi connectivity index (χ1n) is 19.2. The van der Waals surface area contributed by atoms with Gasteiger partial charge in [0.1, 0.15) is 5.75 Å². The smallest absolute Gasteiger partial charge is 0.507 e. The second kappa shape index (κ2) is 16.8. The molecule has 6 nitrogen and oxygen atoms in total. The van der Waals surface area contributed by atoms with Gasteiger partial charge in [-0.15, -0.1) is 0 Å². The summed E-state index contributed by atoms with van der Waals surface area (Å²) in [6, 6.07) is 8.34. The molecule has 0 amide bonds. The monoisotopic (exact) mass is 752 g/mol. The van der Waals surface area contributed by atoms with Gasteiger partial charge in [-0.1, -0.05) is 34.6 Å². The van der Waals surface area contributed by atoms with E-state index in [2.05, 4.69) is 126 Å². The third kappa shape index (κ3) is 12.1. The van der Waals surface area contributed by atoms with Crippen LogP contribution in [0.5, 0.6) is 11.5 Å². The fourth-order valence-electron chi connectivity index (χ4n) is 7.98. The van der Waals surface area contributed by atoms with Crippen molar-refractivity contribution in [2.75, 3.05) is 6.54 Å². The number of carbonyl (C=O) groups is 1. The number of ether oxygens (including phenoxy) is 1. The molecule has 51 heavy (non-hydrogen) atoms. The minimum absolute atomic E-state index is 0.175. The van der Waals surface area contributed by atoms with Crippen LogP contribution in [0.3, 0.4) is 0 Å². The van der Waals surface area contributed by atoms with Crippen molar-refractivity contribution in [2.45, 2.75) is 181 Å². The van der Waals surface area contributed by atoms with Gasteiger partial charge in [-0.25, -0.2) is 0 Å². The summed E-state index contributed by atoms with van der Waals surface area (Å²) in [4.78, 5) is 15.7. The summed E-state index contributed by atoms with van der Waals surface area (Å²) in [6.45, 7) is 30.9. The summed E-state index contributed by atoms with van der Waals surface area (Å²) in [6.07, 6.45) is 4.49. The van der Waals surface area contributed by atoms with Gasteiger partial charge in [-0.2, -0.15) is 0 Å². The molecule has 1 aliphatic rings. The van der Waals surface area contributed by atoms with Crippen LogP contribution in [-0.4, -0.2) is 44.8 Å². The summed E-state index contributed by atoms with van der Waals surface area (Å²) < 4.78 is 19.6. The van der Waals surface area contributed by atoms with Crippen LogP contribution in [0, 0.1) is 11.8 Å². The maximum atomic E-state index is 13.4. The van der Waals surface area contributed by atoms with Crippen molar-refractivity contribution < 1.29 is 37.2 Å². The van der Waals surface area contributed by atoms with Crippen LogP contribution in [-0.2, 0) is 63.5 Å². The van der Waals surface area contributed by atoms with Crippen LogP contribution in [0.2, 0.25) is 10.7 Å². The van der Waals surface area contributed by atoms with Crippen molar-refractivity contribution >= 4 is 5.97 Å². The standard InChI is InChI=1S/C28H46NO3.C16H25O.Co.O/c1-11-29-27(7,8)17-22(18-28(29,9)10)32-24(30)13-12-20-15-21(14-19(2)3)25(31)23(16-20)26(4,5)6;1-7-12-9-13(8-11(2)3)15(17)14(10-12)16(4,5)6;;/h15-16,19,22,31H,1,11-14,17-18H2,2-10H3;9-11,17H,1,7-8H2,2-6H3;;. The molecule has 0 atom stereocenters. The summed E-state index contributed by atoms with van der Waals surface area (Å²) in [5, 5.41) is 23.3. The molecule has 0 spiro atoms. The molecular weight excluding hydrogens is 681 g/mol. The zero-order valence-electron chi connectivity index (χ0n) is 34.5. The number of hydrogen-bond acceptors (Lipinski definition) is 6. The van der Waals surface area contributed by atoms with Crippen LogP contribution in [0.25, 0.3) is 0 Å². The number of piperidine rings is 1. The van der Waals surface area contributed by atoms with E-state index in [1.807, 2.05) is 0 Å². The predicted molar refractivity (Wildman–Crippen MR) is 207 cm³/mol. The molecule has 2 aromatic rings. The molecule has 2 N–H and O–H groups in total. The van der Waals surface area contributed by atoms with Crippen LogP contribution in [0.1, 0.15) is 150 Å². The Bertz CT molecular complexity index is 1510. The Morgan fingerprint density at radius 2 is 1.22 bits per heavy atom. The molecule has 0 bridgehead atoms. The average molecular weight is 753 g/mol. The molecule has 0 aliphatic carbocycles. The second-order valence-corrected chi connectivity index (χ2v) is 21.4. The molecule has 2 aromatic carbocycles. The van der Waals surface area contributed by atoms with Gasteiger partial charge in [-0.3, -0.25) is 0 Å². The van der Waals surface area contributed by atoms with E-state index in [4.69, 9.17) is 4.74 Å². The number of nitrogens with zero attached hydrogens (tertiary/aromatic N) is 1. The first-order valence-corrected chi connectivity index (χ1v) is 21.1. The van der Waals surface area contributed by atoms with E-state index >= 15 is 0 Å².